The number of fused-ring (bicyclic) bond motifs is 1. The highest BCUT2D eigenvalue weighted by Gasteiger charge is 2.20. The molecule has 0 amide bonds. The summed E-state index contributed by atoms with van der Waals surface area (Å²) < 4.78 is 22.8. The van der Waals surface area contributed by atoms with Crippen LogP contribution >= 0.6 is 0 Å². The Morgan fingerprint density at radius 2 is 1.68 bits per heavy atom. The average Bonchev–Trinajstić information content (AvgIpc) is 2.96. The first kappa shape index (κ1) is 25.6. The first-order chi connectivity index (χ1) is 18.5. The Morgan fingerprint density at radius 3 is 2.42 bits per heavy atom. The Bertz CT molecular complexity index is 1430. The summed E-state index contributed by atoms with van der Waals surface area (Å²) in [6.07, 6.45) is -0.671. The molecule has 0 bridgehead atoms. The first-order valence-electron chi connectivity index (χ1n) is 12.7. The van der Waals surface area contributed by atoms with E-state index in [4.69, 9.17) is 18.6 Å². The lowest BCUT2D eigenvalue weighted by molar-refractivity contribution is 0.0662. The molecule has 1 N–H and O–H groups in total. The molecule has 198 valence electrons. The SMILES string of the molecule is COc1cccc(-c2cc(=O)c3c(OC)cc(OCC(O)CN4CCN(c5ccccc5)CC4)cc3o2)c1. The molecule has 0 saturated carbocycles. The van der Waals surface area contributed by atoms with Crippen molar-refractivity contribution in [1.82, 2.24) is 4.90 Å². The van der Waals surface area contributed by atoms with E-state index >= 15 is 0 Å². The molecule has 0 aliphatic carbocycles. The highest BCUT2D eigenvalue weighted by molar-refractivity contribution is 5.86. The molecule has 8 nitrogen and oxygen atoms in total. The van der Waals surface area contributed by atoms with Gasteiger partial charge in [-0.1, -0.05) is 30.3 Å². The summed E-state index contributed by atoms with van der Waals surface area (Å²) in [5, 5.41) is 11.0. The summed E-state index contributed by atoms with van der Waals surface area (Å²) in [6.45, 7) is 4.18. The van der Waals surface area contributed by atoms with Gasteiger partial charge in [0.1, 0.15) is 46.7 Å². The largest absolute Gasteiger partial charge is 0.497 e. The van der Waals surface area contributed by atoms with Crippen molar-refractivity contribution in [3.05, 3.63) is 83.0 Å². The van der Waals surface area contributed by atoms with E-state index in [0.717, 1.165) is 31.7 Å². The van der Waals surface area contributed by atoms with Gasteiger partial charge in [-0.05, 0) is 24.3 Å². The van der Waals surface area contributed by atoms with Crippen LogP contribution in [0.4, 0.5) is 5.69 Å². The van der Waals surface area contributed by atoms with Crippen LogP contribution < -0.4 is 24.5 Å². The monoisotopic (exact) mass is 516 g/mol. The molecule has 1 unspecified atom stereocenters. The highest BCUT2D eigenvalue weighted by Crippen LogP contribution is 2.32. The summed E-state index contributed by atoms with van der Waals surface area (Å²) in [4.78, 5) is 17.6. The van der Waals surface area contributed by atoms with E-state index in [1.807, 2.05) is 24.3 Å². The minimum absolute atomic E-state index is 0.105. The number of hydrogen-bond donors (Lipinski definition) is 1. The van der Waals surface area contributed by atoms with Crippen molar-refractivity contribution in [3.8, 4) is 28.6 Å². The van der Waals surface area contributed by atoms with Crippen molar-refractivity contribution >= 4 is 16.7 Å². The average molecular weight is 517 g/mol. The number of piperazine rings is 1. The van der Waals surface area contributed by atoms with E-state index in [1.165, 1.54) is 18.9 Å². The van der Waals surface area contributed by atoms with Crippen LogP contribution in [0.25, 0.3) is 22.3 Å². The van der Waals surface area contributed by atoms with Crippen molar-refractivity contribution in [1.29, 1.82) is 0 Å². The predicted molar refractivity (Wildman–Crippen MR) is 148 cm³/mol. The third kappa shape index (κ3) is 5.77. The van der Waals surface area contributed by atoms with E-state index in [2.05, 4.69) is 34.1 Å². The Balaban J connectivity index is 1.26. The molecular weight excluding hydrogens is 484 g/mol. The van der Waals surface area contributed by atoms with Gasteiger partial charge in [-0.25, -0.2) is 0 Å². The van der Waals surface area contributed by atoms with E-state index in [-0.39, 0.29) is 12.0 Å². The zero-order valence-electron chi connectivity index (χ0n) is 21.6. The van der Waals surface area contributed by atoms with Crippen LogP contribution in [0.2, 0.25) is 0 Å². The van der Waals surface area contributed by atoms with E-state index < -0.39 is 6.10 Å². The van der Waals surface area contributed by atoms with Crippen molar-refractivity contribution < 1.29 is 23.7 Å². The lowest BCUT2D eigenvalue weighted by Crippen LogP contribution is -2.49. The minimum Gasteiger partial charge on any atom is -0.497 e. The van der Waals surface area contributed by atoms with Crippen molar-refractivity contribution in [2.24, 2.45) is 0 Å². The molecule has 4 aromatic rings. The molecule has 1 aliphatic rings. The Hall–Kier alpha value is -4.01. The number of aliphatic hydroxyl groups is 1. The van der Waals surface area contributed by atoms with Gasteiger partial charge in [0.15, 0.2) is 5.43 Å². The third-order valence-electron chi connectivity index (χ3n) is 6.75. The standard InChI is InChI=1S/C30H32N2O6/c1-35-24-10-6-7-21(15-24)27-18-26(34)30-28(36-2)16-25(17-29(30)38-27)37-20-23(33)19-31-11-13-32(14-12-31)22-8-4-3-5-9-22/h3-10,15-18,23,33H,11-14,19-20H2,1-2H3. The van der Waals surface area contributed by atoms with E-state index in [0.29, 0.717) is 40.5 Å². The number of rotatable bonds is 9. The van der Waals surface area contributed by atoms with Crippen LogP contribution in [0.15, 0.2) is 82.0 Å². The molecule has 38 heavy (non-hydrogen) atoms. The maximum Gasteiger partial charge on any atom is 0.197 e. The smallest absolute Gasteiger partial charge is 0.197 e. The van der Waals surface area contributed by atoms with Crippen LogP contribution in [0.1, 0.15) is 0 Å². The summed E-state index contributed by atoms with van der Waals surface area (Å²) in [5.74, 6) is 1.88. The molecule has 5 rings (SSSR count). The van der Waals surface area contributed by atoms with Gasteiger partial charge in [0.25, 0.3) is 0 Å². The number of hydrogen-bond acceptors (Lipinski definition) is 8. The lowest BCUT2D eigenvalue weighted by atomic mass is 10.1. The molecule has 1 atom stereocenters. The molecule has 1 fully saturated rings. The molecule has 8 heteroatoms. The maximum absolute atomic E-state index is 13.0. The minimum atomic E-state index is -0.671. The Labute approximate surface area is 221 Å². The molecular formula is C30H32N2O6. The van der Waals surface area contributed by atoms with Gasteiger partial charge < -0.3 is 28.6 Å². The second kappa shape index (κ2) is 11.6. The molecule has 3 aromatic carbocycles. The molecule has 0 radical (unpaired) electrons. The maximum atomic E-state index is 13.0. The quantitative estimate of drug-likeness (QED) is 0.357. The van der Waals surface area contributed by atoms with Crippen molar-refractivity contribution in [2.45, 2.75) is 6.10 Å². The normalized spacial score (nSPS) is 14.9. The zero-order chi connectivity index (χ0) is 26.5. The van der Waals surface area contributed by atoms with Gasteiger partial charge in [-0.15, -0.1) is 0 Å². The number of para-hydroxylation sites is 1. The summed E-state index contributed by atoms with van der Waals surface area (Å²) in [6, 6.07) is 22.4. The van der Waals surface area contributed by atoms with E-state index in [1.54, 1.807) is 25.3 Å². The Kier molecular flexibility index (Phi) is 7.81. The van der Waals surface area contributed by atoms with Gasteiger partial charge in [-0.2, -0.15) is 0 Å². The molecule has 1 aromatic heterocycles. The van der Waals surface area contributed by atoms with Crippen LogP contribution in [-0.4, -0.2) is 69.7 Å². The van der Waals surface area contributed by atoms with Gasteiger partial charge in [0.2, 0.25) is 0 Å². The van der Waals surface area contributed by atoms with E-state index in [9.17, 15) is 9.90 Å². The number of benzene rings is 3. The lowest BCUT2D eigenvalue weighted by Gasteiger charge is -2.36. The second-order valence-corrected chi connectivity index (χ2v) is 9.29. The number of aliphatic hydroxyl groups excluding tert-OH is 1. The summed E-state index contributed by atoms with van der Waals surface area (Å²) >= 11 is 0. The number of methoxy groups -OCH3 is 2. The first-order valence-corrected chi connectivity index (χ1v) is 12.7. The number of β-amino-alcohol motifs (C(OH)–C–C–N with tert-alkyl or cyclic N) is 1. The van der Waals surface area contributed by atoms with Gasteiger partial charge in [0, 0.05) is 62.2 Å². The Morgan fingerprint density at radius 1 is 0.895 bits per heavy atom. The third-order valence-corrected chi connectivity index (χ3v) is 6.75. The van der Waals surface area contributed by atoms with Gasteiger partial charge in [0.05, 0.1) is 14.2 Å². The van der Waals surface area contributed by atoms with Crippen molar-refractivity contribution in [2.75, 3.05) is 58.5 Å². The molecule has 1 aliphatic heterocycles. The van der Waals surface area contributed by atoms with Crippen molar-refractivity contribution in [3.63, 3.8) is 0 Å². The van der Waals surface area contributed by atoms with Crippen LogP contribution in [-0.2, 0) is 0 Å². The van der Waals surface area contributed by atoms with Crippen LogP contribution in [0.3, 0.4) is 0 Å². The number of anilines is 1. The fourth-order valence-electron chi connectivity index (χ4n) is 4.76. The van der Waals surface area contributed by atoms with Gasteiger partial charge in [-0.3, -0.25) is 9.69 Å². The number of nitrogens with zero attached hydrogens (tertiary/aromatic N) is 2. The van der Waals surface area contributed by atoms with Crippen LogP contribution in [0, 0.1) is 0 Å². The highest BCUT2D eigenvalue weighted by atomic mass is 16.5. The van der Waals surface area contributed by atoms with Crippen LogP contribution in [0.5, 0.6) is 17.2 Å². The fraction of sp³-hybridized carbons (Fsp3) is 0.300. The second-order valence-electron chi connectivity index (χ2n) is 9.29. The summed E-state index contributed by atoms with van der Waals surface area (Å²) in [5.41, 5.74) is 2.07. The topological polar surface area (TPSA) is 84.6 Å². The zero-order valence-corrected chi connectivity index (χ0v) is 21.6. The number of ether oxygens (including phenoxy) is 3. The summed E-state index contributed by atoms with van der Waals surface area (Å²) in [7, 11) is 3.08. The predicted octanol–water partition coefficient (Wildman–Crippen LogP) is 4.04. The van der Waals surface area contributed by atoms with Gasteiger partial charge >= 0.3 is 0 Å². The molecule has 2 heterocycles. The molecule has 0 spiro atoms. The fourth-order valence-corrected chi connectivity index (χ4v) is 4.76. The molecule has 1 saturated heterocycles.